The van der Waals surface area contributed by atoms with E-state index in [4.69, 9.17) is 4.74 Å². The molecule has 0 aromatic carbocycles. The lowest BCUT2D eigenvalue weighted by Crippen LogP contribution is -2.36. The third-order valence-electron chi connectivity index (χ3n) is 2.86. The van der Waals surface area contributed by atoms with Crippen LogP contribution in [0.4, 0.5) is 0 Å². The molecule has 88 valence electrons. The summed E-state index contributed by atoms with van der Waals surface area (Å²) in [6, 6.07) is 0.446. The van der Waals surface area contributed by atoms with Crippen molar-refractivity contribution in [3.63, 3.8) is 0 Å². The van der Waals surface area contributed by atoms with Gasteiger partial charge in [0.25, 0.3) is 0 Å². The molecule has 2 atom stereocenters. The zero-order valence-corrected chi connectivity index (χ0v) is 9.71. The Labute approximate surface area is 91.8 Å². The molecule has 1 rings (SSSR count). The normalized spacial score (nSPS) is 22.7. The first-order valence-electron chi connectivity index (χ1n) is 5.82. The van der Waals surface area contributed by atoms with E-state index < -0.39 is 0 Å². The second-order valence-electron chi connectivity index (χ2n) is 4.07. The van der Waals surface area contributed by atoms with Gasteiger partial charge in [0.15, 0.2) is 0 Å². The molecule has 0 bridgehead atoms. The van der Waals surface area contributed by atoms with Crippen LogP contribution in [-0.2, 0) is 9.53 Å². The fourth-order valence-corrected chi connectivity index (χ4v) is 1.81. The van der Waals surface area contributed by atoms with Crippen LogP contribution in [0.25, 0.3) is 0 Å². The van der Waals surface area contributed by atoms with Crippen molar-refractivity contribution in [1.29, 1.82) is 0 Å². The third kappa shape index (κ3) is 4.62. The summed E-state index contributed by atoms with van der Waals surface area (Å²) in [6.07, 6.45) is 1.70. The van der Waals surface area contributed by atoms with Crippen molar-refractivity contribution >= 4 is 5.91 Å². The van der Waals surface area contributed by atoms with Crippen molar-refractivity contribution in [2.24, 2.45) is 5.92 Å². The topological polar surface area (TPSA) is 50.4 Å². The zero-order chi connectivity index (χ0) is 11.1. The van der Waals surface area contributed by atoms with Gasteiger partial charge in [0, 0.05) is 32.2 Å². The SMILES string of the molecule is CCNC(=O)CCNC(C)C1CCOC1. The third-order valence-corrected chi connectivity index (χ3v) is 2.86. The second kappa shape index (κ2) is 6.80. The molecule has 1 fully saturated rings. The largest absolute Gasteiger partial charge is 0.381 e. The van der Waals surface area contributed by atoms with Crippen molar-refractivity contribution in [2.45, 2.75) is 32.7 Å². The molecule has 1 aliphatic rings. The number of carbonyl (C=O) groups is 1. The summed E-state index contributed by atoms with van der Waals surface area (Å²) in [5.41, 5.74) is 0. The van der Waals surface area contributed by atoms with E-state index in [-0.39, 0.29) is 5.91 Å². The Bertz CT molecular complexity index is 191. The van der Waals surface area contributed by atoms with Crippen LogP contribution in [0.5, 0.6) is 0 Å². The molecule has 1 aliphatic heterocycles. The first kappa shape index (κ1) is 12.5. The summed E-state index contributed by atoms with van der Waals surface area (Å²) in [4.78, 5) is 11.2. The Morgan fingerprint density at radius 1 is 1.60 bits per heavy atom. The van der Waals surface area contributed by atoms with Crippen LogP contribution in [0.15, 0.2) is 0 Å². The number of amides is 1. The molecule has 4 heteroatoms. The van der Waals surface area contributed by atoms with Gasteiger partial charge in [0.05, 0.1) is 6.61 Å². The van der Waals surface area contributed by atoms with Crippen LogP contribution >= 0.6 is 0 Å². The molecule has 1 amide bonds. The number of rotatable bonds is 6. The van der Waals surface area contributed by atoms with Gasteiger partial charge in [-0.15, -0.1) is 0 Å². The summed E-state index contributed by atoms with van der Waals surface area (Å²) in [7, 11) is 0. The Morgan fingerprint density at radius 2 is 2.40 bits per heavy atom. The molecule has 4 nitrogen and oxygen atoms in total. The molecule has 1 saturated heterocycles. The number of nitrogens with one attached hydrogen (secondary N) is 2. The Balaban J connectivity index is 2.05. The van der Waals surface area contributed by atoms with Crippen LogP contribution in [0.2, 0.25) is 0 Å². The van der Waals surface area contributed by atoms with E-state index in [0.29, 0.717) is 24.9 Å². The average molecular weight is 214 g/mol. The van der Waals surface area contributed by atoms with Crippen molar-refractivity contribution < 1.29 is 9.53 Å². The van der Waals surface area contributed by atoms with Gasteiger partial charge >= 0.3 is 0 Å². The van der Waals surface area contributed by atoms with Gasteiger partial charge < -0.3 is 15.4 Å². The van der Waals surface area contributed by atoms with Crippen LogP contribution in [0.1, 0.15) is 26.7 Å². The Kier molecular flexibility index (Phi) is 5.65. The summed E-state index contributed by atoms with van der Waals surface area (Å²) >= 11 is 0. The van der Waals surface area contributed by atoms with Gasteiger partial charge in [-0.3, -0.25) is 4.79 Å². The van der Waals surface area contributed by atoms with Gasteiger partial charge in [-0.2, -0.15) is 0 Å². The number of hydrogen-bond donors (Lipinski definition) is 2. The first-order valence-corrected chi connectivity index (χ1v) is 5.82. The highest BCUT2D eigenvalue weighted by molar-refractivity contribution is 5.75. The van der Waals surface area contributed by atoms with Crippen LogP contribution in [0, 0.1) is 5.92 Å². The van der Waals surface area contributed by atoms with E-state index in [0.717, 1.165) is 26.2 Å². The maximum atomic E-state index is 11.2. The first-order chi connectivity index (χ1) is 7.24. The highest BCUT2D eigenvalue weighted by Gasteiger charge is 2.21. The van der Waals surface area contributed by atoms with E-state index in [1.165, 1.54) is 0 Å². The van der Waals surface area contributed by atoms with Gasteiger partial charge in [0.2, 0.25) is 5.91 Å². The van der Waals surface area contributed by atoms with E-state index >= 15 is 0 Å². The molecule has 2 unspecified atom stereocenters. The molecule has 0 saturated carbocycles. The van der Waals surface area contributed by atoms with Crippen LogP contribution in [0.3, 0.4) is 0 Å². The minimum atomic E-state index is 0.125. The van der Waals surface area contributed by atoms with Crippen LogP contribution in [-0.4, -0.2) is 38.3 Å². The van der Waals surface area contributed by atoms with Gasteiger partial charge in [-0.25, -0.2) is 0 Å². The molecular weight excluding hydrogens is 192 g/mol. The molecule has 0 aromatic rings. The summed E-state index contributed by atoms with van der Waals surface area (Å²) < 4.78 is 5.32. The summed E-state index contributed by atoms with van der Waals surface area (Å²) in [6.45, 7) is 7.30. The molecular formula is C11H22N2O2. The molecule has 0 spiro atoms. The van der Waals surface area contributed by atoms with E-state index in [1.807, 2.05) is 6.92 Å². The van der Waals surface area contributed by atoms with Gasteiger partial charge in [-0.1, -0.05) is 0 Å². The minimum Gasteiger partial charge on any atom is -0.381 e. The van der Waals surface area contributed by atoms with Crippen molar-refractivity contribution in [1.82, 2.24) is 10.6 Å². The average Bonchev–Trinajstić information content (AvgIpc) is 2.70. The fraction of sp³-hybridized carbons (Fsp3) is 0.909. The summed E-state index contributed by atoms with van der Waals surface area (Å²) in [5.74, 6) is 0.735. The lowest BCUT2D eigenvalue weighted by atomic mass is 10.0. The van der Waals surface area contributed by atoms with E-state index in [1.54, 1.807) is 0 Å². The maximum Gasteiger partial charge on any atom is 0.221 e. The van der Waals surface area contributed by atoms with Gasteiger partial charge in [0.1, 0.15) is 0 Å². The predicted octanol–water partition coefficient (Wildman–Crippen LogP) is 0.527. The van der Waals surface area contributed by atoms with E-state index in [2.05, 4.69) is 17.6 Å². The van der Waals surface area contributed by atoms with Crippen molar-refractivity contribution in [3.8, 4) is 0 Å². The molecule has 2 N–H and O–H groups in total. The summed E-state index contributed by atoms with van der Waals surface area (Å²) in [5, 5.41) is 6.16. The minimum absolute atomic E-state index is 0.125. The maximum absolute atomic E-state index is 11.2. The number of carbonyl (C=O) groups excluding carboxylic acids is 1. The standard InChI is InChI=1S/C11H22N2O2/c1-3-12-11(14)4-6-13-9(2)10-5-7-15-8-10/h9-10,13H,3-8H2,1-2H3,(H,12,14). The molecule has 1 heterocycles. The predicted molar refractivity (Wildman–Crippen MR) is 59.7 cm³/mol. The smallest absolute Gasteiger partial charge is 0.221 e. The van der Waals surface area contributed by atoms with Crippen molar-refractivity contribution in [2.75, 3.05) is 26.3 Å². The lowest BCUT2D eigenvalue weighted by Gasteiger charge is -2.18. The van der Waals surface area contributed by atoms with E-state index in [9.17, 15) is 4.79 Å². The molecule has 0 radical (unpaired) electrons. The quantitative estimate of drug-likeness (QED) is 0.678. The second-order valence-corrected chi connectivity index (χ2v) is 4.07. The molecule has 0 aromatic heterocycles. The number of hydrogen-bond acceptors (Lipinski definition) is 3. The highest BCUT2D eigenvalue weighted by atomic mass is 16.5. The zero-order valence-electron chi connectivity index (χ0n) is 9.71. The Hall–Kier alpha value is -0.610. The molecule has 15 heavy (non-hydrogen) atoms. The number of ether oxygens (including phenoxy) is 1. The highest BCUT2D eigenvalue weighted by Crippen LogP contribution is 2.15. The van der Waals surface area contributed by atoms with Gasteiger partial charge in [-0.05, 0) is 26.2 Å². The lowest BCUT2D eigenvalue weighted by molar-refractivity contribution is -0.120. The van der Waals surface area contributed by atoms with Crippen LogP contribution < -0.4 is 10.6 Å². The van der Waals surface area contributed by atoms with Crippen molar-refractivity contribution in [3.05, 3.63) is 0 Å². The Morgan fingerprint density at radius 3 is 3.00 bits per heavy atom. The fourth-order valence-electron chi connectivity index (χ4n) is 1.81. The monoisotopic (exact) mass is 214 g/mol. The molecule has 0 aliphatic carbocycles.